The first-order chi connectivity index (χ1) is 13.6. The lowest BCUT2D eigenvalue weighted by molar-refractivity contribution is 0.412. The molecule has 0 saturated carbocycles. The number of halogens is 1. The number of nitrogens with one attached hydrogen (secondary N) is 1. The summed E-state index contributed by atoms with van der Waals surface area (Å²) in [6.45, 7) is 0. The van der Waals surface area contributed by atoms with E-state index in [0.29, 0.717) is 6.42 Å². The van der Waals surface area contributed by atoms with E-state index in [4.69, 9.17) is 9.73 Å². The van der Waals surface area contributed by atoms with E-state index in [9.17, 15) is 9.50 Å². The van der Waals surface area contributed by atoms with Crippen LogP contribution < -0.4 is 10.1 Å². The van der Waals surface area contributed by atoms with Gasteiger partial charge in [-0.15, -0.1) is 0 Å². The fraction of sp³-hybridized carbons (Fsp3) is 0.174. The van der Waals surface area contributed by atoms with Crippen LogP contribution in [0.4, 0.5) is 4.39 Å². The minimum Gasteiger partial charge on any atom is -0.508 e. The predicted octanol–water partition coefficient (Wildman–Crippen LogP) is 4.76. The molecule has 2 atom stereocenters. The number of phenolic OH excluding ortho intramolecular Hbond substituents is 1. The number of aromatic hydroxyl groups is 1. The topological polar surface area (TPSA) is 53.8 Å². The maximum atomic E-state index is 13.4. The number of hydrogen-bond acceptors (Lipinski definition) is 4. The minimum absolute atomic E-state index is 0.120. The number of benzene rings is 3. The van der Waals surface area contributed by atoms with E-state index in [0.717, 1.165) is 28.2 Å². The molecule has 2 N–H and O–H groups in total. The van der Waals surface area contributed by atoms with Crippen molar-refractivity contribution in [3.63, 3.8) is 0 Å². The van der Waals surface area contributed by atoms with Gasteiger partial charge in [0.15, 0.2) is 0 Å². The molecule has 3 aromatic carbocycles. The van der Waals surface area contributed by atoms with Gasteiger partial charge in [-0.2, -0.15) is 0 Å². The molecule has 3 aromatic rings. The smallest absolute Gasteiger partial charge is 0.126 e. The zero-order chi connectivity index (χ0) is 19.5. The van der Waals surface area contributed by atoms with Crippen LogP contribution in [-0.2, 0) is 0 Å². The summed E-state index contributed by atoms with van der Waals surface area (Å²) >= 11 is 0. The van der Waals surface area contributed by atoms with Crippen LogP contribution in [0.15, 0.2) is 77.8 Å². The molecule has 0 bridgehead atoms. The number of para-hydroxylation sites is 1. The Balaban J connectivity index is 1.73. The molecule has 0 aliphatic carbocycles. The molecule has 0 fully saturated rings. The molecule has 1 aliphatic heterocycles. The van der Waals surface area contributed by atoms with Gasteiger partial charge in [-0.3, -0.25) is 10.3 Å². The number of hydrogen-bond donors (Lipinski definition) is 2. The molecule has 0 radical (unpaired) electrons. The standard InChI is InChI=1S/C23H21FN2O2/c1-28-18-12-8-15(9-13-18)20-14-21(19-4-2-3-5-22(19)27)26-23(25-20)16-6-10-17(24)11-7-16/h2-13,21,23,26-27H,14H2,1H3. The van der Waals surface area contributed by atoms with Crippen molar-refractivity contribution in [2.24, 2.45) is 4.99 Å². The normalized spacial score (nSPS) is 19.1. The van der Waals surface area contributed by atoms with Gasteiger partial charge < -0.3 is 9.84 Å². The van der Waals surface area contributed by atoms with Gasteiger partial charge in [0.1, 0.15) is 23.5 Å². The van der Waals surface area contributed by atoms with Crippen LogP contribution in [0.3, 0.4) is 0 Å². The molecule has 1 heterocycles. The Bertz CT molecular complexity index is 984. The molecule has 5 heteroatoms. The zero-order valence-electron chi connectivity index (χ0n) is 15.5. The Kier molecular flexibility index (Phi) is 5.08. The van der Waals surface area contributed by atoms with Gasteiger partial charge in [-0.25, -0.2) is 4.39 Å². The molecular formula is C23H21FN2O2. The van der Waals surface area contributed by atoms with Crippen LogP contribution >= 0.6 is 0 Å². The average molecular weight is 376 g/mol. The largest absolute Gasteiger partial charge is 0.508 e. The van der Waals surface area contributed by atoms with Crippen molar-refractivity contribution in [3.8, 4) is 11.5 Å². The summed E-state index contributed by atoms with van der Waals surface area (Å²) in [7, 11) is 1.63. The van der Waals surface area contributed by atoms with Crippen molar-refractivity contribution in [2.75, 3.05) is 7.11 Å². The van der Waals surface area contributed by atoms with Crippen LogP contribution in [0.1, 0.15) is 35.3 Å². The fourth-order valence-corrected chi connectivity index (χ4v) is 3.46. The molecule has 2 unspecified atom stereocenters. The molecule has 4 nitrogen and oxygen atoms in total. The van der Waals surface area contributed by atoms with Gasteiger partial charge in [0.05, 0.1) is 7.11 Å². The van der Waals surface area contributed by atoms with Crippen molar-refractivity contribution in [2.45, 2.75) is 18.6 Å². The molecule has 0 saturated heterocycles. The first-order valence-electron chi connectivity index (χ1n) is 9.14. The van der Waals surface area contributed by atoms with Crippen molar-refractivity contribution in [1.29, 1.82) is 0 Å². The Morgan fingerprint density at radius 3 is 2.39 bits per heavy atom. The van der Waals surface area contributed by atoms with Crippen molar-refractivity contribution >= 4 is 5.71 Å². The van der Waals surface area contributed by atoms with Crippen LogP contribution in [0, 0.1) is 5.82 Å². The molecule has 0 spiro atoms. The summed E-state index contributed by atoms with van der Waals surface area (Å²) in [6.07, 6.45) is 0.290. The van der Waals surface area contributed by atoms with E-state index in [1.807, 2.05) is 36.4 Å². The van der Waals surface area contributed by atoms with Gasteiger partial charge in [0, 0.05) is 23.7 Å². The lowest BCUT2D eigenvalue weighted by Crippen LogP contribution is -2.33. The van der Waals surface area contributed by atoms with Crippen LogP contribution in [0.25, 0.3) is 0 Å². The lowest BCUT2D eigenvalue weighted by atomic mass is 9.93. The van der Waals surface area contributed by atoms with E-state index >= 15 is 0 Å². The summed E-state index contributed by atoms with van der Waals surface area (Å²) in [5.74, 6) is 0.746. The Hall–Kier alpha value is -3.18. The Labute approximate surface area is 163 Å². The summed E-state index contributed by atoms with van der Waals surface area (Å²) in [5.41, 5.74) is 3.60. The highest BCUT2D eigenvalue weighted by atomic mass is 19.1. The number of methoxy groups -OCH3 is 1. The van der Waals surface area contributed by atoms with Crippen LogP contribution in [-0.4, -0.2) is 17.9 Å². The number of aliphatic imine (C=N–C) groups is 1. The first-order valence-corrected chi connectivity index (χ1v) is 9.14. The fourth-order valence-electron chi connectivity index (χ4n) is 3.46. The molecule has 4 rings (SSSR count). The van der Waals surface area contributed by atoms with E-state index in [1.165, 1.54) is 12.1 Å². The van der Waals surface area contributed by atoms with Gasteiger partial charge in [0.25, 0.3) is 0 Å². The summed E-state index contributed by atoms with van der Waals surface area (Å²) in [4.78, 5) is 4.87. The number of ether oxygens (including phenoxy) is 1. The SMILES string of the molecule is COc1ccc(C2=NC(c3ccc(F)cc3)NC(c3ccccc3O)C2)cc1. The molecule has 142 valence electrons. The van der Waals surface area contributed by atoms with Crippen molar-refractivity contribution < 1.29 is 14.2 Å². The molecular weight excluding hydrogens is 355 g/mol. The number of nitrogens with zero attached hydrogens (tertiary/aromatic N) is 1. The summed E-state index contributed by atoms with van der Waals surface area (Å²) in [6, 6.07) is 21.3. The minimum atomic E-state index is -0.337. The third kappa shape index (κ3) is 3.75. The van der Waals surface area contributed by atoms with Crippen LogP contribution in [0.2, 0.25) is 0 Å². The Morgan fingerprint density at radius 1 is 1.00 bits per heavy atom. The monoisotopic (exact) mass is 376 g/mol. The van der Waals surface area contributed by atoms with Gasteiger partial charge in [-0.1, -0.05) is 30.3 Å². The van der Waals surface area contributed by atoms with Gasteiger partial charge in [-0.05, 0) is 53.6 Å². The second-order valence-electron chi connectivity index (χ2n) is 6.74. The second-order valence-corrected chi connectivity index (χ2v) is 6.74. The Morgan fingerprint density at radius 2 is 1.71 bits per heavy atom. The highest BCUT2D eigenvalue weighted by molar-refractivity contribution is 6.01. The second kappa shape index (κ2) is 7.82. The zero-order valence-corrected chi connectivity index (χ0v) is 15.5. The van der Waals surface area contributed by atoms with Crippen molar-refractivity contribution in [3.05, 3.63) is 95.3 Å². The summed E-state index contributed by atoms with van der Waals surface area (Å²) in [5, 5.41) is 13.8. The third-order valence-electron chi connectivity index (χ3n) is 4.96. The van der Waals surface area contributed by atoms with E-state index in [-0.39, 0.29) is 23.8 Å². The lowest BCUT2D eigenvalue weighted by Gasteiger charge is -2.31. The quantitative estimate of drug-likeness (QED) is 0.690. The van der Waals surface area contributed by atoms with Gasteiger partial charge >= 0.3 is 0 Å². The third-order valence-corrected chi connectivity index (χ3v) is 4.96. The number of rotatable bonds is 4. The van der Waals surface area contributed by atoms with E-state index in [2.05, 4.69) is 5.32 Å². The van der Waals surface area contributed by atoms with Gasteiger partial charge in [0.2, 0.25) is 0 Å². The summed E-state index contributed by atoms with van der Waals surface area (Å²) < 4.78 is 18.6. The molecule has 1 aliphatic rings. The molecule has 0 aromatic heterocycles. The van der Waals surface area contributed by atoms with E-state index < -0.39 is 0 Å². The highest BCUT2D eigenvalue weighted by Gasteiger charge is 2.27. The van der Waals surface area contributed by atoms with Crippen molar-refractivity contribution in [1.82, 2.24) is 5.32 Å². The molecule has 28 heavy (non-hydrogen) atoms. The van der Waals surface area contributed by atoms with Crippen LogP contribution in [0.5, 0.6) is 11.5 Å². The predicted molar refractivity (Wildman–Crippen MR) is 107 cm³/mol. The number of phenols is 1. The first kappa shape index (κ1) is 18.2. The maximum Gasteiger partial charge on any atom is 0.126 e. The molecule has 0 amide bonds. The average Bonchev–Trinajstić information content (AvgIpc) is 2.74. The maximum absolute atomic E-state index is 13.4. The van der Waals surface area contributed by atoms with E-state index in [1.54, 1.807) is 31.4 Å². The highest BCUT2D eigenvalue weighted by Crippen LogP contribution is 2.34.